The number of nitrogens with one attached hydrogen (secondary N) is 3. The minimum Gasteiger partial charge on any atom is -0.497 e. The fraction of sp³-hybridized carbons (Fsp3) is 0.333. The monoisotopic (exact) mass is 447 g/mol. The zero-order chi connectivity index (χ0) is 20.4. The van der Waals surface area contributed by atoms with Gasteiger partial charge in [-0.15, -0.1) is 0 Å². The topological polar surface area (TPSA) is 79.5 Å². The Morgan fingerprint density at radius 1 is 1.07 bits per heavy atom. The maximum Gasteiger partial charge on any atom is 0.314 e. The van der Waals surface area contributed by atoms with E-state index < -0.39 is 0 Å². The zero-order valence-corrected chi connectivity index (χ0v) is 17.8. The van der Waals surface area contributed by atoms with Crippen molar-refractivity contribution in [3.63, 3.8) is 0 Å². The summed E-state index contributed by atoms with van der Waals surface area (Å²) in [4.78, 5) is 23.8. The third-order valence-corrected chi connectivity index (χ3v) is 4.66. The second-order valence-electron chi connectivity index (χ2n) is 6.40. The third kappa shape index (κ3) is 7.60. The van der Waals surface area contributed by atoms with Crippen molar-refractivity contribution < 1.29 is 14.3 Å². The van der Waals surface area contributed by atoms with Gasteiger partial charge in [0, 0.05) is 29.7 Å². The number of amides is 3. The average molecular weight is 448 g/mol. The van der Waals surface area contributed by atoms with Crippen molar-refractivity contribution in [2.75, 3.05) is 25.5 Å². The maximum absolute atomic E-state index is 12.0. The minimum atomic E-state index is -0.265. The van der Waals surface area contributed by atoms with E-state index in [0.29, 0.717) is 6.54 Å². The first-order chi connectivity index (χ1) is 13.5. The van der Waals surface area contributed by atoms with Crippen molar-refractivity contribution in [1.29, 1.82) is 0 Å². The lowest BCUT2D eigenvalue weighted by Crippen LogP contribution is -2.37. The summed E-state index contributed by atoms with van der Waals surface area (Å²) in [6.07, 6.45) is 1.89. The van der Waals surface area contributed by atoms with E-state index in [9.17, 15) is 9.59 Å². The highest BCUT2D eigenvalue weighted by molar-refractivity contribution is 9.10. The molecule has 0 fully saturated rings. The van der Waals surface area contributed by atoms with Crippen LogP contribution in [0, 0.1) is 6.92 Å². The van der Waals surface area contributed by atoms with Crippen molar-refractivity contribution in [3.05, 3.63) is 58.1 Å². The lowest BCUT2D eigenvalue weighted by molar-refractivity contribution is -0.116. The van der Waals surface area contributed by atoms with Gasteiger partial charge in [0.05, 0.1) is 7.11 Å². The number of methoxy groups -OCH3 is 1. The van der Waals surface area contributed by atoms with Gasteiger partial charge in [0.2, 0.25) is 5.91 Å². The average Bonchev–Trinajstić information content (AvgIpc) is 2.67. The summed E-state index contributed by atoms with van der Waals surface area (Å²) < 4.78 is 6.16. The minimum absolute atomic E-state index is 0.135. The molecule has 2 aromatic rings. The molecule has 3 amide bonds. The predicted octanol–water partition coefficient (Wildman–Crippen LogP) is 4.03. The molecule has 2 rings (SSSR count). The first-order valence-electron chi connectivity index (χ1n) is 9.18. The van der Waals surface area contributed by atoms with E-state index in [1.807, 2.05) is 49.4 Å². The smallest absolute Gasteiger partial charge is 0.314 e. The zero-order valence-electron chi connectivity index (χ0n) is 16.2. The predicted molar refractivity (Wildman–Crippen MR) is 115 cm³/mol. The molecule has 0 heterocycles. The van der Waals surface area contributed by atoms with E-state index in [2.05, 4.69) is 31.9 Å². The van der Waals surface area contributed by atoms with Crippen molar-refractivity contribution in [1.82, 2.24) is 10.6 Å². The van der Waals surface area contributed by atoms with Crippen LogP contribution >= 0.6 is 15.9 Å². The standard InChI is InChI=1S/C21H26BrN3O3/c1-15-13-17(22)8-9-19(15)25-20(26)10-12-24-21(27)23-11-4-6-16-5-3-7-18(14-16)28-2/h3,5,7-9,13-14H,4,6,10-12H2,1-2H3,(H,25,26)(H2,23,24,27). The van der Waals surface area contributed by atoms with Crippen LogP contribution in [0.2, 0.25) is 0 Å². The molecule has 7 heteroatoms. The van der Waals surface area contributed by atoms with Crippen molar-refractivity contribution in [3.8, 4) is 5.75 Å². The van der Waals surface area contributed by atoms with Crippen LogP contribution in [0.1, 0.15) is 24.0 Å². The highest BCUT2D eigenvalue weighted by Crippen LogP contribution is 2.20. The second kappa shape index (κ2) is 11.3. The molecular weight excluding hydrogens is 422 g/mol. The van der Waals surface area contributed by atoms with E-state index in [0.717, 1.165) is 34.3 Å². The number of ether oxygens (including phenoxy) is 1. The lowest BCUT2D eigenvalue weighted by atomic mass is 10.1. The van der Waals surface area contributed by atoms with Gasteiger partial charge in [0.25, 0.3) is 0 Å². The van der Waals surface area contributed by atoms with Gasteiger partial charge in [0.15, 0.2) is 0 Å². The van der Waals surface area contributed by atoms with Gasteiger partial charge in [-0.05, 0) is 61.2 Å². The fourth-order valence-corrected chi connectivity index (χ4v) is 3.13. The summed E-state index contributed by atoms with van der Waals surface area (Å²) in [5.41, 5.74) is 2.92. The number of aryl methyl sites for hydroxylation is 2. The van der Waals surface area contributed by atoms with Crippen molar-refractivity contribution >= 4 is 33.6 Å². The Bertz CT molecular complexity index is 811. The molecule has 0 saturated carbocycles. The number of hydrogen-bond acceptors (Lipinski definition) is 3. The van der Waals surface area contributed by atoms with Gasteiger partial charge in [0.1, 0.15) is 5.75 Å². The Kier molecular flexibility index (Phi) is 8.81. The molecule has 0 spiro atoms. The highest BCUT2D eigenvalue weighted by Gasteiger charge is 2.06. The Hall–Kier alpha value is -2.54. The number of carbonyl (C=O) groups is 2. The Balaban J connectivity index is 1.59. The molecule has 0 aliphatic carbocycles. The number of hydrogen-bond donors (Lipinski definition) is 3. The molecule has 0 saturated heterocycles. The summed E-state index contributed by atoms with van der Waals surface area (Å²) in [6.45, 7) is 2.77. The largest absolute Gasteiger partial charge is 0.497 e. The summed E-state index contributed by atoms with van der Waals surface area (Å²) in [5.74, 6) is 0.698. The van der Waals surface area contributed by atoms with Gasteiger partial charge < -0.3 is 20.7 Å². The van der Waals surface area contributed by atoms with Crippen LogP contribution in [0.25, 0.3) is 0 Å². The molecule has 150 valence electrons. The van der Waals surface area contributed by atoms with Gasteiger partial charge in [-0.3, -0.25) is 4.79 Å². The first kappa shape index (κ1) is 21.8. The maximum atomic E-state index is 12.0. The van der Waals surface area contributed by atoms with Crippen LogP contribution in [0.5, 0.6) is 5.75 Å². The van der Waals surface area contributed by atoms with Gasteiger partial charge in [-0.2, -0.15) is 0 Å². The summed E-state index contributed by atoms with van der Waals surface area (Å²) in [7, 11) is 1.64. The second-order valence-corrected chi connectivity index (χ2v) is 7.31. The molecule has 0 radical (unpaired) electrons. The van der Waals surface area contributed by atoms with Crippen molar-refractivity contribution in [2.45, 2.75) is 26.2 Å². The molecular formula is C21H26BrN3O3. The number of rotatable bonds is 9. The normalized spacial score (nSPS) is 10.2. The van der Waals surface area contributed by atoms with Crippen LogP contribution in [0.4, 0.5) is 10.5 Å². The summed E-state index contributed by atoms with van der Waals surface area (Å²) >= 11 is 3.39. The molecule has 0 bridgehead atoms. The molecule has 0 aromatic heterocycles. The Morgan fingerprint density at radius 2 is 1.86 bits per heavy atom. The quantitative estimate of drug-likeness (QED) is 0.507. The number of benzene rings is 2. The van der Waals surface area contributed by atoms with Gasteiger partial charge in [-0.1, -0.05) is 28.1 Å². The highest BCUT2D eigenvalue weighted by atomic mass is 79.9. The summed E-state index contributed by atoms with van der Waals surface area (Å²) in [5, 5.41) is 8.35. The van der Waals surface area contributed by atoms with E-state index in [4.69, 9.17) is 4.74 Å². The fourth-order valence-electron chi connectivity index (χ4n) is 2.65. The SMILES string of the molecule is COc1cccc(CCCNC(=O)NCCC(=O)Nc2ccc(Br)cc2C)c1. The van der Waals surface area contributed by atoms with Crippen LogP contribution in [-0.2, 0) is 11.2 Å². The van der Waals surface area contributed by atoms with E-state index >= 15 is 0 Å². The van der Waals surface area contributed by atoms with E-state index in [1.165, 1.54) is 5.56 Å². The van der Waals surface area contributed by atoms with Gasteiger partial charge in [-0.25, -0.2) is 4.79 Å². The molecule has 6 nitrogen and oxygen atoms in total. The molecule has 0 aliphatic heterocycles. The first-order valence-corrected chi connectivity index (χ1v) is 9.98. The molecule has 3 N–H and O–H groups in total. The van der Waals surface area contributed by atoms with E-state index in [-0.39, 0.29) is 24.9 Å². The Morgan fingerprint density at radius 3 is 2.61 bits per heavy atom. The molecule has 2 aromatic carbocycles. The molecule has 0 aliphatic rings. The van der Waals surface area contributed by atoms with Crippen molar-refractivity contribution in [2.24, 2.45) is 0 Å². The third-order valence-electron chi connectivity index (χ3n) is 4.16. The molecule has 0 atom stereocenters. The number of urea groups is 1. The number of anilines is 1. The molecule has 28 heavy (non-hydrogen) atoms. The van der Waals surface area contributed by atoms with Crippen LogP contribution in [-0.4, -0.2) is 32.1 Å². The molecule has 0 unspecified atom stereocenters. The van der Waals surface area contributed by atoms with Crippen LogP contribution in [0.15, 0.2) is 46.9 Å². The lowest BCUT2D eigenvalue weighted by Gasteiger charge is -2.10. The Labute approximate surface area is 174 Å². The number of halogens is 1. The number of carbonyl (C=O) groups excluding carboxylic acids is 2. The summed E-state index contributed by atoms with van der Waals surface area (Å²) in [6, 6.07) is 13.3. The van der Waals surface area contributed by atoms with Crippen LogP contribution in [0.3, 0.4) is 0 Å². The van der Waals surface area contributed by atoms with Crippen LogP contribution < -0.4 is 20.7 Å². The van der Waals surface area contributed by atoms with Gasteiger partial charge >= 0.3 is 6.03 Å². The van der Waals surface area contributed by atoms with E-state index in [1.54, 1.807) is 7.11 Å².